The molecule has 178 valence electrons. The minimum absolute atomic E-state index is 0.0867. The molecule has 0 spiro atoms. The number of amides is 1. The second-order valence-corrected chi connectivity index (χ2v) is 10.9. The van der Waals surface area contributed by atoms with Crippen molar-refractivity contribution in [3.05, 3.63) is 88.3 Å². The second-order valence-electron chi connectivity index (χ2n) is 8.06. The average molecular weight is 510 g/mol. The van der Waals surface area contributed by atoms with Gasteiger partial charge in [0.25, 0.3) is 13.3 Å². The molecule has 4 rings (SSSR count). The third kappa shape index (κ3) is 4.94. The molecule has 2 heterocycles. The molecule has 0 aliphatic carbocycles. The second kappa shape index (κ2) is 9.93. The van der Waals surface area contributed by atoms with Crippen LogP contribution in [0.15, 0.2) is 60.9 Å². The Morgan fingerprint density at radius 2 is 2.06 bits per heavy atom. The zero-order valence-corrected chi connectivity index (χ0v) is 20.7. The standard InChI is InChI=1S/C25H22ClN4O4P/c1-16-10-17(7-8-27)12-20(11-16)35(33,34-2)24-21-13-19(26)5-6-22(21)29-23(24)25(31)28-14-18-4-3-9-30(32)15-18/h3-6,9-13,15H,7,14H2,1-2H3,(H2-,28,29,31,32,33)/p+1. The quantitative estimate of drug-likeness (QED) is 0.200. The summed E-state index contributed by atoms with van der Waals surface area (Å²) in [6.45, 7) is 1.97. The van der Waals surface area contributed by atoms with Gasteiger partial charge in [0.1, 0.15) is 5.69 Å². The molecule has 1 atom stereocenters. The predicted octanol–water partition coefficient (Wildman–Crippen LogP) is 3.53. The predicted molar refractivity (Wildman–Crippen MR) is 133 cm³/mol. The number of hydrogen-bond donors (Lipinski definition) is 3. The molecule has 0 aliphatic rings. The minimum atomic E-state index is -3.80. The van der Waals surface area contributed by atoms with Gasteiger partial charge >= 0.3 is 0 Å². The van der Waals surface area contributed by atoms with Gasteiger partial charge in [-0.15, -0.1) is 0 Å². The van der Waals surface area contributed by atoms with Crippen LogP contribution in [0.1, 0.15) is 27.2 Å². The number of carbonyl (C=O) groups is 1. The van der Waals surface area contributed by atoms with Gasteiger partial charge < -0.3 is 14.8 Å². The number of aromatic nitrogens is 2. The van der Waals surface area contributed by atoms with E-state index in [2.05, 4.69) is 16.4 Å². The Balaban J connectivity index is 1.86. The summed E-state index contributed by atoms with van der Waals surface area (Å²) in [5.74, 6) is -0.497. The van der Waals surface area contributed by atoms with Crippen LogP contribution in [-0.4, -0.2) is 23.2 Å². The highest BCUT2D eigenvalue weighted by atomic mass is 35.5. The van der Waals surface area contributed by atoms with Crippen LogP contribution in [-0.2, 0) is 22.1 Å². The molecule has 3 N–H and O–H groups in total. The molecule has 0 saturated carbocycles. The van der Waals surface area contributed by atoms with E-state index in [-0.39, 0.29) is 24.0 Å². The molecular weight excluding hydrogens is 487 g/mol. The molecule has 0 saturated heterocycles. The first-order chi connectivity index (χ1) is 16.7. The number of nitrogens with zero attached hydrogens (tertiary/aromatic N) is 2. The number of rotatable bonds is 7. The first-order valence-corrected chi connectivity index (χ1v) is 12.7. The summed E-state index contributed by atoms with van der Waals surface area (Å²) in [7, 11) is -2.46. The number of benzene rings is 2. The van der Waals surface area contributed by atoms with Gasteiger partial charge in [-0.3, -0.25) is 14.6 Å². The van der Waals surface area contributed by atoms with E-state index in [9.17, 15) is 14.6 Å². The molecule has 35 heavy (non-hydrogen) atoms. The van der Waals surface area contributed by atoms with E-state index >= 15 is 0 Å². The number of carbonyl (C=O) groups excluding carboxylic acids is 1. The van der Waals surface area contributed by atoms with Gasteiger partial charge in [0.05, 0.1) is 17.8 Å². The SMILES string of the molecule is COP(=O)(c1cc(C)cc(CC#N)c1)c1c(C(=O)NCc2ccc[n+](O)c2)[nH]c2ccc(Cl)cc12. The van der Waals surface area contributed by atoms with Gasteiger partial charge in [0.2, 0.25) is 12.4 Å². The normalized spacial score (nSPS) is 12.7. The maximum absolute atomic E-state index is 14.5. The van der Waals surface area contributed by atoms with E-state index in [0.717, 1.165) is 10.3 Å². The lowest BCUT2D eigenvalue weighted by Gasteiger charge is -2.19. The summed E-state index contributed by atoms with van der Waals surface area (Å²) >= 11 is 6.26. The number of aromatic amines is 1. The highest BCUT2D eigenvalue weighted by molar-refractivity contribution is 7.75. The van der Waals surface area contributed by atoms with Gasteiger partial charge in [0.15, 0.2) is 0 Å². The van der Waals surface area contributed by atoms with Crippen LogP contribution in [0.4, 0.5) is 0 Å². The monoisotopic (exact) mass is 509 g/mol. The van der Waals surface area contributed by atoms with Crippen LogP contribution in [0.5, 0.6) is 0 Å². The van der Waals surface area contributed by atoms with E-state index < -0.39 is 13.3 Å². The van der Waals surface area contributed by atoms with Crippen molar-refractivity contribution in [2.75, 3.05) is 7.11 Å². The Bertz CT molecular complexity index is 1530. The highest BCUT2D eigenvalue weighted by Crippen LogP contribution is 2.47. The van der Waals surface area contributed by atoms with Crippen molar-refractivity contribution in [3.63, 3.8) is 0 Å². The number of fused-ring (bicyclic) bond motifs is 1. The first-order valence-electron chi connectivity index (χ1n) is 10.7. The van der Waals surface area contributed by atoms with Crippen LogP contribution < -0.4 is 20.7 Å². The maximum atomic E-state index is 14.5. The fourth-order valence-electron chi connectivity index (χ4n) is 4.04. The highest BCUT2D eigenvalue weighted by Gasteiger charge is 2.36. The van der Waals surface area contributed by atoms with Gasteiger partial charge in [-0.05, 0) is 54.4 Å². The van der Waals surface area contributed by atoms with Crippen LogP contribution in [0.2, 0.25) is 5.02 Å². The fourth-order valence-corrected chi connectivity index (χ4v) is 6.52. The molecule has 0 aliphatic heterocycles. The number of hydrogen-bond acceptors (Lipinski definition) is 5. The molecular formula is C25H23ClN4O4P+. The third-order valence-corrected chi connectivity index (χ3v) is 8.30. The van der Waals surface area contributed by atoms with Crippen LogP contribution in [0.25, 0.3) is 10.9 Å². The average Bonchev–Trinajstić information content (AvgIpc) is 3.21. The molecule has 10 heteroatoms. The van der Waals surface area contributed by atoms with E-state index in [1.165, 1.54) is 19.5 Å². The van der Waals surface area contributed by atoms with Gasteiger partial charge in [-0.25, -0.2) is 0 Å². The largest absolute Gasteiger partial charge is 0.350 e. The van der Waals surface area contributed by atoms with Crippen molar-refractivity contribution >= 4 is 46.4 Å². The number of aryl methyl sites for hydroxylation is 1. The molecule has 0 fully saturated rings. The Morgan fingerprint density at radius 3 is 2.77 bits per heavy atom. The lowest BCUT2D eigenvalue weighted by molar-refractivity contribution is -0.905. The Labute approximate surface area is 207 Å². The number of nitrogens with one attached hydrogen (secondary N) is 2. The number of nitriles is 1. The van der Waals surface area contributed by atoms with Crippen molar-refractivity contribution in [1.29, 1.82) is 5.26 Å². The molecule has 4 aromatic rings. The van der Waals surface area contributed by atoms with Gasteiger partial charge in [-0.2, -0.15) is 5.26 Å². The van der Waals surface area contributed by atoms with Gasteiger partial charge in [0, 0.05) is 51.2 Å². The maximum Gasteiger partial charge on any atom is 0.268 e. The van der Waals surface area contributed by atoms with Gasteiger partial charge in [-0.1, -0.05) is 17.7 Å². The van der Waals surface area contributed by atoms with Crippen LogP contribution in [0, 0.1) is 18.3 Å². The van der Waals surface area contributed by atoms with E-state index in [1.807, 2.05) is 13.0 Å². The molecule has 1 amide bonds. The molecule has 0 bridgehead atoms. The first kappa shape index (κ1) is 24.5. The lowest BCUT2D eigenvalue weighted by atomic mass is 10.1. The fraction of sp³-hybridized carbons (Fsp3) is 0.160. The summed E-state index contributed by atoms with van der Waals surface area (Å²) in [5, 5.41) is 23.1. The third-order valence-electron chi connectivity index (χ3n) is 5.56. The lowest BCUT2D eigenvalue weighted by Crippen LogP contribution is -2.32. The Hall–Kier alpha value is -3.63. The molecule has 1 unspecified atom stereocenters. The molecule has 8 nitrogen and oxygen atoms in total. The van der Waals surface area contributed by atoms with E-state index in [4.69, 9.17) is 21.4 Å². The Morgan fingerprint density at radius 1 is 1.26 bits per heavy atom. The zero-order chi connectivity index (χ0) is 25.2. The number of H-pyrrole nitrogens is 1. The van der Waals surface area contributed by atoms with Crippen LogP contribution in [0.3, 0.4) is 0 Å². The van der Waals surface area contributed by atoms with E-state index in [1.54, 1.807) is 42.5 Å². The smallest absolute Gasteiger partial charge is 0.268 e. The summed E-state index contributed by atoms with van der Waals surface area (Å²) in [4.78, 5) is 16.4. The summed E-state index contributed by atoms with van der Waals surface area (Å²) in [6.07, 6.45) is 3.07. The van der Waals surface area contributed by atoms with Crippen molar-refractivity contribution in [2.24, 2.45) is 0 Å². The molecule has 0 radical (unpaired) electrons. The summed E-state index contributed by atoms with van der Waals surface area (Å²) < 4.78 is 21.1. The van der Waals surface area contributed by atoms with Crippen molar-refractivity contribution in [1.82, 2.24) is 10.3 Å². The van der Waals surface area contributed by atoms with Crippen molar-refractivity contribution in [3.8, 4) is 6.07 Å². The molecule has 2 aromatic heterocycles. The Kier molecular flexibility index (Phi) is 6.95. The topological polar surface area (TPSA) is 119 Å². The van der Waals surface area contributed by atoms with Crippen LogP contribution >= 0.6 is 19.0 Å². The number of halogens is 1. The summed E-state index contributed by atoms with van der Waals surface area (Å²) in [6, 6.07) is 15.8. The summed E-state index contributed by atoms with van der Waals surface area (Å²) in [5.41, 5.74) is 2.84. The minimum Gasteiger partial charge on any atom is -0.350 e. The zero-order valence-electron chi connectivity index (χ0n) is 19.1. The van der Waals surface area contributed by atoms with E-state index in [0.29, 0.717) is 32.4 Å². The number of pyridine rings is 1. The van der Waals surface area contributed by atoms with Crippen molar-refractivity contribution in [2.45, 2.75) is 19.9 Å². The molecule has 2 aromatic carbocycles. The van der Waals surface area contributed by atoms with Crippen molar-refractivity contribution < 1.29 is 23.8 Å².